The van der Waals surface area contributed by atoms with Gasteiger partial charge in [-0.05, 0) is 17.7 Å². The van der Waals surface area contributed by atoms with Gasteiger partial charge in [-0.15, -0.1) is 0 Å². The van der Waals surface area contributed by atoms with Crippen LogP contribution < -0.4 is 5.32 Å². The number of aromatic nitrogens is 1. The van der Waals surface area contributed by atoms with Crippen LogP contribution in [0.2, 0.25) is 0 Å². The molecule has 1 aromatic heterocycles. The summed E-state index contributed by atoms with van der Waals surface area (Å²) in [5, 5.41) is 15.7. The SMILES string of the molecule is O=C(Nc1ccc(CN2CC(C(=O)O)C2)cc1)c1cc(-c2ccccc2)no1. The van der Waals surface area contributed by atoms with E-state index in [1.807, 2.05) is 54.6 Å². The van der Waals surface area contributed by atoms with Crippen molar-refractivity contribution in [2.75, 3.05) is 18.4 Å². The second-order valence-electron chi connectivity index (χ2n) is 6.82. The summed E-state index contributed by atoms with van der Waals surface area (Å²) in [5.41, 5.74) is 3.20. The molecular formula is C21H19N3O4. The van der Waals surface area contributed by atoms with Gasteiger partial charge < -0.3 is 14.9 Å². The Balaban J connectivity index is 1.34. The van der Waals surface area contributed by atoms with Gasteiger partial charge in [-0.2, -0.15) is 0 Å². The number of amides is 1. The van der Waals surface area contributed by atoms with Crippen molar-refractivity contribution in [1.29, 1.82) is 0 Å². The highest BCUT2D eigenvalue weighted by molar-refractivity contribution is 6.02. The van der Waals surface area contributed by atoms with Gasteiger partial charge in [0.1, 0.15) is 5.69 Å². The first-order valence-corrected chi connectivity index (χ1v) is 8.96. The van der Waals surface area contributed by atoms with E-state index >= 15 is 0 Å². The summed E-state index contributed by atoms with van der Waals surface area (Å²) in [7, 11) is 0. The lowest BCUT2D eigenvalue weighted by Gasteiger charge is -2.36. The van der Waals surface area contributed by atoms with Crippen molar-refractivity contribution >= 4 is 17.6 Å². The smallest absolute Gasteiger partial charge is 0.309 e. The Morgan fingerprint density at radius 3 is 2.50 bits per heavy atom. The third-order valence-corrected chi connectivity index (χ3v) is 4.73. The van der Waals surface area contributed by atoms with E-state index in [2.05, 4.69) is 15.4 Å². The van der Waals surface area contributed by atoms with Gasteiger partial charge in [-0.1, -0.05) is 47.6 Å². The Hall–Kier alpha value is -3.45. The number of benzene rings is 2. The van der Waals surface area contributed by atoms with Crippen LogP contribution in [0.15, 0.2) is 65.2 Å². The molecule has 1 saturated heterocycles. The minimum atomic E-state index is -0.739. The molecule has 1 aliphatic rings. The van der Waals surface area contributed by atoms with Gasteiger partial charge in [0, 0.05) is 37.0 Å². The maximum absolute atomic E-state index is 12.4. The molecule has 1 amide bonds. The molecule has 3 aromatic rings. The van der Waals surface area contributed by atoms with Crippen molar-refractivity contribution in [2.24, 2.45) is 5.92 Å². The Labute approximate surface area is 161 Å². The Morgan fingerprint density at radius 1 is 1.11 bits per heavy atom. The number of hydrogen-bond acceptors (Lipinski definition) is 5. The first-order valence-electron chi connectivity index (χ1n) is 8.96. The molecule has 0 bridgehead atoms. The summed E-state index contributed by atoms with van der Waals surface area (Å²) in [6.45, 7) is 1.84. The number of nitrogens with one attached hydrogen (secondary N) is 1. The number of rotatable bonds is 6. The van der Waals surface area contributed by atoms with Crippen molar-refractivity contribution in [3.8, 4) is 11.3 Å². The molecule has 0 saturated carbocycles. The van der Waals surface area contributed by atoms with Gasteiger partial charge in [-0.3, -0.25) is 14.5 Å². The number of anilines is 1. The van der Waals surface area contributed by atoms with E-state index in [4.69, 9.17) is 9.63 Å². The van der Waals surface area contributed by atoms with E-state index in [9.17, 15) is 9.59 Å². The van der Waals surface area contributed by atoms with Crippen LogP contribution in [0.3, 0.4) is 0 Å². The second kappa shape index (κ2) is 7.66. The first kappa shape index (κ1) is 17.9. The van der Waals surface area contributed by atoms with Crippen LogP contribution in [0.4, 0.5) is 5.69 Å². The van der Waals surface area contributed by atoms with Crippen LogP contribution in [0.25, 0.3) is 11.3 Å². The number of likely N-dealkylation sites (tertiary alicyclic amines) is 1. The molecule has 0 atom stereocenters. The summed E-state index contributed by atoms with van der Waals surface area (Å²) < 4.78 is 5.16. The molecular weight excluding hydrogens is 358 g/mol. The molecule has 28 heavy (non-hydrogen) atoms. The predicted octanol–water partition coefficient (Wildman–Crippen LogP) is 3.11. The Bertz CT molecular complexity index is 976. The summed E-state index contributed by atoms with van der Waals surface area (Å²) in [5.74, 6) is -1.23. The number of carbonyl (C=O) groups excluding carboxylic acids is 1. The Morgan fingerprint density at radius 2 is 1.82 bits per heavy atom. The monoisotopic (exact) mass is 377 g/mol. The van der Waals surface area contributed by atoms with Gasteiger partial charge in [0.25, 0.3) is 5.91 Å². The second-order valence-corrected chi connectivity index (χ2v) is 6.82. The lowest BCUT2D eigenvalue weighted by molar-refractivity contribution is -0.147. The molecule has 1 fully saturated rings. The van der Waals surface area contributed by atoms with Crippen molar-refractivity contribution in [3.63, 3.8) is 0 Å². The van der Waals surface area contributed by atoms with Crippen LogP contribution in [-0.2, 0) is 11.3 Å². The van der Waals surface area contributed by atoms with Crippen molar-refractivity contribution in [2.45, 2.75) is 6.54 Å². The highest BCUT2D eigenvalue weighted by Gasteiger charge is 2.32. The number of carbonyl (C=O) groups is 2. The van der Waals surface area contributed by atoms with E-state index < -0.39 is 5.97 Å². The molecule has 4 rings (SSSR count). The van der Waals surface area contributed by atoms with Crippen LogP contribution >= 0.6 is 0 Å². The standard InChI is InChI=1S/C21H19N3O4/c25-20(19-10-18(23-28-19)15-4-2-1-3-5-15)22-17-8-6-14(7-9-17)11-24-12-16(13-24)21(26)27/h1-10,16H,11-13H2,(H,22,25)(H,26,27). The van der Waals surface area contributed by atoms with E-state index in [1.165, 1.54) is 0 Å². The van der Waals surface area contributed by atoms with Gasteiger partial charge >= 0.3 is 5.97 Å². The number of hydrogen-bond donors (Lipinski definition) is 2. The fraction of sp³-hybridized carbons (Fsp3) is 0.190. The number of nitrogens with zero attached hydrogens (tertiary/aromatic N) is 2. The highest BCUT2D eigenvalue weighted by atomic mass is 16.5. The van der Waals surface area contributed by atoms with Crippen LogP contribution in [0, 0.1) is 5.92 Å². The summed E-state index contributed by atoms with van der Waals surface area (Å²) >= 11 is 0. The normalized spacial score (nSPS) is 14.4. The molecule has 0 radical (unpaired) electrons. The molecule has 7 nitrogen and oxygen atoms in total. The van der Waals surface area contributed by atoms with Crippen molar-refractivity contribution in [3.05, 3.63) is 72.0 Å². The van der Waals surface area contributed by atoms with Gasteiger partial charge in [0.15, 0.2) is 0 Å². The zero-order chi connectivity index (χ0) is 19.5. The fourth-order valence-corrected chi connectivity index (χ4v) is 3.13. The summed E-state index contributed by atoms with van der Waals surface area (Å²) in [6, 6.07) is 18.6. The van der Waals surface area contributed by atoms with E-state index in [1.54, 1.807) is 6.07 Å². The molecule has 2 aromatic carbocycles. The average molecular weight is 377 g/mol. The maximum Gasteiger partial charge on any atom is 0.309 e. The third-order valence-electron chi connectivity index (χ3n) is 4.73. The number of carboxylic acid groups (broad SMARTS) is 1. The molecule has 1 aliphatic heterocycles. The van der Waals surface area contributed by atoms with E-state index in [-0.39, 0.29) is 17.6 Å². The molecule has 0 unspecified atom stereocenters. The molecule has 2 N–H and O–H groups in total. The first-order chi connectivity index (χ1) is 13.6. The van der Waals surface area contributed by atoms with Crippen LogP contribution in [0.5, 0.6) is 0 Å². The lowest BCUT2D eigenvalue weighted by Crippen LogP contribution is -2.49. The minimum Gasteiger partial charge on any atom is -0.481 e. The molecule has 0 aliphatic carbocycles. The summed E-state index contributed by atoms with van der Waals surface area (Å²) in [6.07, 6.45) is 0. The predicted molar refractivity (Wildman–Crippen MR) is 103 cm³/mol. The van der Waals surface area contributed by atoms with E-state index in [0.29, 0.717) is 31.0 Å². The number of aliphatic carboxylic acids is 1. The maximum atomic E-state index is 12.4. The highest BCUT2D eigenvalue weighted by Crippen LogP contribution is 2.21. The van der Waals surface area contributed by atoms with Crippen molar-refractivity contribution in [1.82, 2.24) is 10.1 Å². The topological polar surface area (TPSA) is 95.7 Å². The summed E-state index contributed by atoms with van der Waals surface area (Å²) in [4.78, 5) is 25.3. The van der Waals surface area contributed by atoms with Gasteiger partial charge in [-0.25, -0.2) is 0 Å². The lowest BCUT2D eigenvalue weighted by atomic mass is 9.99. The van der Waals surface area contributed by atoms with Crippen LogP contribution in [0.1, 0.15) is 16.1 Å². The van der Waals surface area contributed by atoms with E-state index in [0.717, 1.165) is 11.1 Å². The Kier molecular flexibility index (Phi) is 4.90. The average Bonchev–Trinajstić information content (AvgIpc) is 3.16. The molecule has 2 heterocycles. The molecule has 142 valence electrons. The zero-order valence-electron chi connectivity index (χ0n) is 15.0. The third kappa shape index (κ3) is 3.94. The molecule has 0 spiro atoms. The largest absolute Gasteiger partial charge is 0.481 e. The van der Waals surface area contributed by atoms with Crippen LogP contribution in [-0.4, -0.2) is 40.1 Å². The van der Waals surface area contributed by atoms with Gasteiger partial charge in [0.2, 0.25) is 5.76 Å². The zero-order valence-corrected chi connectivity index (χ0v) is 15.0. The quantitative estimate of drug-likeness (QED) is 0.685. The fourth-order valence-electron chi connectivity index (χ4n) is 3.13. The minimum absolute atomic E-state index is 0.142. The van der Waals surface area contributed by atoms with Gasteiger partial charge in [0.05, 0.1) is 5.92 Å². The number of carboxylic acids is 1. The molecule has 7 heteroatoms. The van der Waals surface area contributed by atoms with Crippen molar-refractivity contribution < 1.29 is 19.2 Å².